The van der Waals surface area contributed by atoms with Crippen LogP contribution in [-0.2, 0) is 13.6 Å². The zero-order chi connectivity index (χ0) is 13.8. The molecule has 19 heavy (non-hydrogen) atoms. The Balaban J connectivity index is 2.01. The predicted octanol–water partition coefficient (Wildman–Crippen LogP) is 0.754. The Morgan fingerprint density at radius 3 is 2.58 bits per heavy atom. The standard InChI is InChI=1S/C12H17N7/c1-8-4-9(2)6-10(5-8)15-12(13)14-7-11-16-18-19(3)17-11/h4-6H,7H2,1-3H3,(H3,13,14,15). The van der Waals surface area contributed by atoms with Crippen LogP contribution in [0, 0.1) is 13.8 Å². The zero-order valence-electron chi connectivity index (χ0n) is 11.3. The molecule has 1 heterocycles. The Kier molecular flexibility index (Phi) is 3.74. The average molecular weight is 259 g/mol. The largest absolute Gasteiger partial charge is 0.370 e. The summed E-state index contributed by atoms with van der Waals surface area (Å²) in [6.45, 7) is 4.38. The van der Waals surface area contributed by atoms with Crippen molar-refractivity contribution in [2.75, 3.05) is 5.32 Å². The van der Waals surface area contributed by atoms with Crippen LogP contribution in [0.15, 0.2) is 23.2 Å². The zero-order valence-corrected chi connectivity index (χ0v) is 11.3. The summed E-state index contributed by atoms with van der Waals surface area (Å²) in [5, 5.41) is 14.6. The fraction of sp³-hybridized carbons (Fsp3) is 0.333. The first-order valence-electron chi connectivity index (χ1n) is 5.91. The highest BCUT2D eigenvalue weighted by Gasteiger charge is 2.00. The van der Waals surface area contributed by atoms with Gasteiger partial charge in [0.15, 0.2) is 11.8 Å². The van der Waals surface area contributed by atoms with Crippen LogP contribution in [0.3, 0.4) is 0 Å². The van der Waals surface area contributed by atoms with E-state index in [0.29, 0.717) is 18.3 Å². The van der Waals surface area contributed by atoms with Crippen LogP contribution in [0.25, 0.3) is 0 Å². The minimum atomic E-state index is 0.303. The van der Waals surface area contributed by atoms with Gasteiger partial charge >= 0.3 is 0 Å². The van der Waals surface area contributed by atoms with Gasteiger partial charge in [-0.15, -0.1) is 10.2 Å². The predicted molar refractivity (Wildman–Crippen MR) is 73.7 cm³/mol. The van der Waals surface area contributed by atoms with Gasteiger partial charge in [-0.25, -0.2) is 4.99 Å². The van der Waals surface area contributed by atoms with Crippen LogP contribution in [0.5, 0.6) is 0 Å². The van der Waals surface area contributed by atoms with E-state index in [4.69, 9.17) is 5.73 Å². The average Bonchev–Trinajstić information content (AvgIpc) is 2.71. The first-order chi connectivity index (χ1) is 9.02. The van der Waals surface area contributed by atoms with Crippen molar-refractivity contribution < 1.29 is 0 Å². The van der Waals surface area contributed by atoms with Crippen molar-refractivity contribution in [3.8, 4) is 0 Å². The number of aromatic nitrogens is 4. The SMILES string of the molecule is Cc1cc(C)cc(NC(N)=NCc2nnn(C)n2)c1. The smallest absolute Gasteiger partial charge is 0.196 e. The number of rotatable bonds is 3. The molecular formula is C12H17N7. The van der Waals surface area contributed by atoms with E-state index in [2.05, 4.69) is 31.8 Å². The number of aliphatic imine (C=N–C) groups is 1. The first kappa shape index (κ1) is 13.0. The van der Waals surface area contributed by atoms with Gasteiger partial charge in [0.25, 0.3) is 0 Å². The van der Waals surface area contributed by atoms with Gasteiger partial charge in [0, 0.05) is 5.69 Å². The van der Waals surface area contributed by atoms with E-state index in [1.807, 2.05) is 26.0 Å². The second-order valence-electron chi connectivity index (χ2n) is 4.40. The molecule has 0 saturated carbocycles. The topological polar surface area (TPSA) is 94.0 Å². The lowest BCUT2D eigenvalue weighted by atomic mass is 10.1. The lowest BCUT2D eigenvalue weighted by molar-refractivity contribution is 0.627. The van der Waals surface area contributed by atoms with E-state index in [0.717, 1.165) is 5.69 Å². The molecule has 0 unspecified atom stereocenters. The molecule has 0 aliphatic carbocycles. The van der Waals surface area contributed by atoms with Gasteiger partial charge in [0.1, 0.15) is 6.54 Å². The molecule has 2 rings (SSSR count). The van der Waals surface area contributed by atoms with Gasteiger partial charge in [-0.05, 0) is 42.3 Å². The molecular weight excluding hydrogens is 242 g/mol. The third kappa shape index (κ3) is 3.77. The summed E-state index contributed by atoms with van der Waals surface area (Å²) in [6.07, 6.45) is 0. The number of hydrogen-bond acceptors (Lipinski definition) is 4. The fourth-order valence-corrected chi connectivity index (χ4v) is 1.78. The number of guanidine groups is 1. The Labute approximate surface area is 111 Å². The summed E-state index contributed by atoms with van der Waals surface area (Å²) in [5.41, 5.74) is 9.08. The summed E-state index contributed by atoms with van der Waals surface area (Å²) in [6, 6.07) is 6.12. The highest BCUT2D eigenvalue weighted by atomic mass is 15.6. The van der Waals surface area contributed by atoms with E-state index in [9.17, 15) is 0 Å². The molecule has 0 bridgehead atoms. The van der Waals surface area contributed by atoms with Gasteiger partial charge in [-0.1, -0.05) is 6.07 Å². The van der Waals surface area contributed by atoms with Crippen molar-refractivity contribution in [3.05, 3.63) is 35.2 Å². The maximum atomic E-state index is 5.82. The summed E-state index contributed by atoms with van der Waals surface area (Å²) < 4.78 is 0. The van der Waals surface area contributed by atoms with Gasteiger partial charge in [-0.2, -0.15) is 4.80 Å². The third-order valence-corrected chi connectivity index (χ3v) is 2.43. The molecule has 1 aromatic heterocycles. The Bertz CT molecular complexity index is 580. The minimum Gasteiger partial charge on any atom is -0.370 e. The van der Waals surface area contributed by atoms with E-state index >= 15 is 0 Å². The first-order valence-corrected chi connectivity index (χ1v) is 5.91. The van der Waals surface area contributed by atoms with Gasteiger partial charge < -0.3 is 11.1 Å². The highest BCUT2D eigenvalue weighted by Crippen LogP contribution is 2.13. The maximum Gasteiger partial charge on any atom is 0.196 e. The van der Waals surface area contributed by atoms with E-state index in [1.165, 1.54) is 15.9 Å². The van der Waals surface area contributed by atoms with Crippen molar-refractivity contribution in [2.24, 2.45) is 17.8 Å². The van der Waals surface area contributed by atoms with Crippen LogP contribution in [-0.4, -0.2) is 26.2 Å². The molecule has 3 N–H and O–H groups in total. The lowest BCUT2D eigenvalue weighted by Crippen LogP contribution is -2.22. The van der Waals surface area contributed by atoms with E-state index in [1.54, 1.807) is 7.05 Å². The number of benzene rings is 1. The summed E-state index contributed by atoms with van der Waals surface area (Å²) >= 11 is 0. The van der Waals surface area contributed by atoms with Crippen molar-refractivity contribution >= 4 is 11.6 Å². The number of hydrogen-bond donors (Lipinski definition) is 2. The Morgan fingerprint density at radius 2 is 2.00 bits per heavy atom. The highest BCUT2D eigenvalue weighted by molar-refractivity contribution is 5.92. The van der Waals surface area contributed by atoms with Crippen LogP contribution >= 0.6 is 0 Å². The molecule has 0 spiro atoms. The summed E-state index contributed by atoms with van der Waals surface area (Å²) in [5.74, 6) is 0.866. The number of tetrazole rings is 1. The number of nitrogens with one attached hydrogen (secondary N) is 1. The minimum absolute atomic E-state index is 0.303. The number of anilines is 1. The molecule has 0 radical (unpaired) electrons. The number of nitrogens with zero attached hydrogens (tertiary/aromatic N) is 5. The van der Waals surface area contributed by atoms with Crippen LogP contribution in [0.1, 0.15) is 17.0 Å². The molecule has 100 valence electrons. The molecule has 0 amide bonds. The fourth-order valence-electron chi connectivity index (χ4n) is 1.78. The second-order valence-corrected chi connectivity index (χ2v) is 4.40. The van der Waals surface area contributed by atoms with Crippen molar-refractivity contribution in [1.29, 1.82) is 0 Å². The van der Waals surface area contributed by atoms with E-state index in [-0.39, 0.29) is 0 Å². The molecule has 0 fully saturated rings. The molecule has 7 heteroatoms. The van der Waals surface area contributed by atoms with Crippen molar-refractivity contribution in [1.82, 2.24) is 20.2 Å². The summed E-state index contributed by atoms with van der Waals surface area (Å²) in [4.78, 5) is 5.55. The Morgan fingerprint density at radius 1 is 1.32 bits per heavy atom. The monoisotopic (exact) mass is 259 g/mol. The molecule has 7 nitrogen and oxygen atoms in total. The molecule has 0 saturated heterocycles. The van der Waals surface area contributed by atoms with E-state index < -0.39 is 0 Å². The maximum absolute atomic E-state index is 5.82. The number of aryl methyl sites for hydroxylation is 3. The van der Waals surface area contributed by atoms with Crippen LogP contribution in [0.2, 0.25) is 0 Å². The van der Waals surface area contributed by atoms with Crippen LogP contribution in [0.4, 0.5) is 5.69 Å². The normalized spacial score (nSPS) is 11.6. The summed E-state index contributed by atoms with van der Waals surface area (Å²) in [7, 11) is 1.71. The molecule has 0 atom stereocenters. The van der Waals surface area contributed by atoms with Gasteiger partial charge in [0.2, 0.25) is 0 Å². The third-order valence-electron chi connectivity index (χ3n) is 2.43. The van der Waals surface area contributed by atoms with Crippen LogP contribution < -0.4 is 11.1 Å². The molecule has 2 aromatic rings. The quantitative estimate of drug-likeness (QED) is 0.626. The number of nitrogens with two attached hydrogens (primary N) is 1. The lowest BCUT2D eigenvalue weighted by Gasteiger charge is -2.07. The van der Waals surface area contributed by atoms with Gasteiger partial charge in [0.05, 0.1) is 7.05 Å². The molecule has 0 aliphatic heterocycles. The molecule has 1 aromatic carbocycles. The van der Waals surface area contributed by atoms with Crippen molar-refractivity contribution in [3.63, 3.8) is 0 Å². The Hall–Kier alpha value is -2.44. The van der Waals surface area contributed by atoms with Crippen molar-refractivity contribution in [2.45, 2.75) is 20.4 Å². The second kappa shape index (κ2) is 5.47. The molecule has 0 aliphatic rings. The van der Waals surface area contributed by atoms with Gasteiger partial charge in [-0.3, -0.25) is 0 Å².